The Kier molecular flexibility index (Phi) is 3.42. The van der Waals surface area contributed by atoms with Gasteiger partial charge in [-0.15, -0.1) is 0 Å². The highest BCUT2D eigenvalue weighted by Crippen LogP contribution is 2.33. The minimum Gasteiger partial charge on any atom is -0.362 e. The molecule has 1 aromatic carbocycles. The fourth-order valence-corrected chi connectivity index (χ4v) is 2.17. The number of halogens is 2. The molecule has 1 fully saturated rings. The van der Waals surface area contributed by atoms with Crippen LogP contribution >= 0.6 is 0 Å². The number of likely N-dealkylation sites (N-methyl/N-ethyl adjacent to an activating group) is 1. The van der Waals surface area contributed by atoms with Gasteiger partial charge in [-0.3, -0.25) is 10.1 Å². The molecule has 0 bridgehead atoms. The fourth-order valence-electron chi connectivity index (χ4n) is 2.17. The molecule has 7 heteroatoms. The number of nitro groups is 1. The molecule has 1 N–H and O–H groups in total. The highest BCUT2D eigenvalue weighted by molar-refractivity contribution is 5.64. The third-order valence-electron chi connectivity index (χ3n) is 3.18. The second-order valence-electron chi connectivity index (χ2n) is 4.24. The zero-order valence-corrected chi connectivity index (χ0v) is 9.82. The summed E-state index contributed by atoms with van der Waals surface area (Å²) in [7, 11) is 1.54. The lowest BCUT2D eigenvalue weighted by molar-refractivity contribution is -0.384. The molecule has 0 amide bonds. The molecular weight excluding hydrogens is 244 g/mol. The van der Waals surface area contributed by atoms with Crippen LogP contribution < -0.4 is 10.2 Å². The van der Waals surface area contributed by atoms with Crippen LogP contribution in [0.25, 0.3) is 0 Å². The summed E-state index contributed by atoms with van der Waals surface area (Å²) < 4.78 is 27.0. The summed E-state index contributed by atoms with van der Waals surface area (Å²) in [5, 5.41) is 14.0. The SMILES string of the molecule is CN(c1c([N+](=O)[O-])ccc(F)c1F)C1CCNC1. The first kappa shape index (κ1) is 12.7. The van der Waals surface area contributed by atoms with Crippen molar-refractivity contribution in [1.82, 2.24) is 5.32 Å². The van der Waals surface area contributed by atoms with E-state index in [2.05, 4.69) is 5.32 Å². The lowest BCUT2D eigenvalue weighted by Crippen LogP contribution is -2.34. The van der Waals surface area contributed by atoms with E-state index < -0.39 is 22.2 Å². The van der Waals surface area contributed by atoms with Crippen LogP contribution in [0.4, 0.5) is 20.2 Å². The minimum atomic E-state index is -1.17. The average Bonchev–Trinajstić information content (AvgIpc) is 2.84. The van der Waals surface area contributed by atoms with E-state index >= 15 is 0 Å². The summed E-state index contributed by atoms with van der Waals surface area (Å²) in [6, 6.07) is 1.70. The molecule has 5 nitrogen and oxygen atoms in total. The Balaban J connectivity index is 2.46. The normalized spacial score (nSPS) is 18.9. The molecule has 0 spiro atoms. The maximum atomic E-state index is 13.8. The number of benzene rings is 1. The lowest BCUT2D eigenvalue weighted by Gasteiger charge is -2.25. The molecule has 2 rings (SSSR count). The second-order valence-corrected chi connectivity index (χ2v) is 4.24. The third kappa shape index (κ3) is 2.13. The van der Waals surface area contributed by atoms with E-state index in [4.69, 9.17) is 0 Å². The van der Waals surface area contributed by atoms with Crippen LogP contribution in [0, 0.1) is 21.7 Å². The largest absolute Gasteiger partial charge is 0.362 e. The van der Waals surface area contributed by atoms with Gasteiger partial charge in [0, 0.05) is 25.7 Å². The van der Waals surface area contributed by atoms with Crippen LogP contribution in [0.15, 0.2) is 12.1 Å². The first-order chi connectivity index (χ1) is 8.52. The molecule has 1 aromatic rings. The first-order valence-electron chi connectivity index (χ1n) is 5.58. The molecule has 1 aliphatic rings. The zero-order chi connectivity index (χ0) is 13.3. The van der Waals surface area contributed by atoms with Gasteiger partial charge in [0.05, 0.1) is 4.92 Å². The average molecular weight is 257 g/mol. The minimum absolute atomic E-state index is 0.0694. The Morgan fingerprint density at radius 3 is 2.78 bits per heavy atom. The lowest BCUT2D eigenvalue weighted by atomic mass is 10.1. The molecular formula is C11H13F2N3O2. The smallest absolute Gasteiger partial charge is 0.295 e. The number of nitro benzene ring substituents is 1. The van der Waals surface area contributed by atoms with Gasteiger partial charge in [-0.2, -0.15) is 0 Å². The van der Waals surface area contributed by atoms with Crippen LogP contribution in [-0.4, -0.2) is 31.1 Å². The van der Waals surface area contributed by atoms with Gasteiger partial charge in [-0.25, -0.2) is 8.78 Å². The van der Waals surface area contributed by atoms with Crippen molar-refractivity contribution in [3.8, 4) is 0 Å². The Hall–Kier alpha value is -1.76. The summed E-state index contributed by atoms with van der Waals surface area (Å²) >= 11 is 0. The van der Waals surface area contributed by atoms with Crippen LogP contribution in [0.2, 0.25) is 0 Å². The molecule has 0 radical (unpaired) electrons. The van der Waals surface area contributed by atoms with E-state index in [9.17, 15) is 18.9 Å². The van der Waals surface area contributed by atoms with Crippen molar-refractivity contribution in [2.45, 2.75) is 12.5 Å². The van der Waals surface area contributed by atoms with Crippen molar-refractivity contribution in [2.24, 2.45) is 0 Å². The molecule has 0 saturated carbocycles. The quantitative estimate of drug-likeness (QED) is 0.661. The molecule has 1 saturated heterocycles. The Labute approximate surface area is 103 Å². The van der Waals surface area contributed by atoms with Crippen LogP contribution in [0.3, 0.4) is 0 Å². The van der Waals surface area contributed by atoms with Gasteiger partial charge in [0.2, 0.25) is 0 Å². The molecule has 1 heterocycles. The zero-order valence-electron chi connectivity index (χ0n) is 9.82. The van der Waals surface area contributed by atoms with Crippen molar-refractivity contribution in [3.05, 3.63) is 33.9 Å². The predicted octanol–water partition coefficient (Wildman–Crippen LogP) is 1.67. The second kappa shape index (κ2) is 4.85. The molecule has 98 valence electrons. The molecule has 1 aliphatic heterocycles. The Morgan fingerprint density at radius 1 is 1.50 bits per heavy atom. The van der Waals surface area contributed by atoms with Gasteiger partial charge in [0.15, 0.2) is 17.3 Å². The highest BCUT2D eigenvalue weighted by atomic mass is 19.2. The van der Waals surface area contributed by atoms with E-state index in [1.807, 2.05) is 0 Å². The highest BCUT2D eigenvalue weighted by Gasteiger charge is 2.29. The van der Waals surface area contributed by atoms with Crippen molar-refractivity contribution < 1.29 is 13.7 Å². The maximum Gasteiger partial charge on any atom is 0.295 e. The first-order valence-corrected chi connectivity index (χ1v) is 5.58. The van der Waals surface area contributed by atoms with Gasteiger partial charge in [0.25, 0.3) is 5.69 Å². The standard InChI is InChI=1S/C11H13F2N3O2/c1-15(7-4-5-14-6-7)11-9(16(17)18)3-2-8(12)10(11)13/h2-3,7,14H,4-6H2,1H3. The van der Waals surface area contributed by atoms with Gasteiger partial charge in [-0.1, -0.05) is 0 Å². The predicted molar refractivity (Wildman–Crippen MR) is 62.7 cm³/mol. The van der Waals surface area contributed by atoms with Gasteiger partial charge >= 0.3 is 0 Å². The maximum absolute atomic E-state index is 13.8. The molecule has 0 aromatic heterocycles. The fraction of sp³-hybridized carbons (Fsp3) is 0.455. The summed E-state index contributed by atoms with van der Waals surface area (Å²) in [5.41, 5.74) is -0.697. The third-order valence-corrected chi connectivity index (χ3v) is 3.18. The van der Waals surface area contributed by atoms with E-state index in [1.54, 1.807) is 7.05 Å². The summed E-state index contributed by atoms with van der Waals surface area (Å²) in [4.78, 5) is 11.6. The van der Waals surface area contributed by atoms with Crippen molar-refractivity contribution >= 4 is 11.4 Å². The van der Waals surface area contributed by atoms with Gasteiger partial charge < -0.3 is 10.2 Å². The number of rotatable bonds is 3. The Morgan fingerprint density at radius 2 is 2.22 bits per heavy atom. The van der Waals surface area contributed by atoms with Gasteiger partial charge in [0.1, 0.15) is 0 Å². The summed E-state index contributed by atoms with van der Waals surface area (Å²) in [5.74, 6) is -2.24. The molecule has 1 unspecified atom stereocenters. The van der Waals surface area contributed by atoms with Gasteiger partial charge in [-0.05, 0) is 19.0 Å². The van der Waals surface area contributed by atoms with Crippen molar-refractivity contribution in [3.63, 3.8) is 0 Å². The number of nitrogens with one attached hydrogen (secondary N) is 1. The van der Waals surface area contributed by atoms with E-state index in [-0.39, 0.29) is 11.7 Å². The Bertz CT molecular complexity index is 476. The summed E-state index contributed by atoms with van der Waals surface area (Å²) in [6.07, 6.45) is 0.740. The van der Waals surface area contributed by atoms with Crippen LogP contribution in [0.1, 0.15) is 6.42 Å². The van der Waals surface area contributed by atoms with E-state index in [0.717, 1.165) is 25.1 Å². The molecule has 0 aliphatic carbocycles. The number of hydrogen-bond acceptors (Lipinski definition) is 4. The number of anilines is 1. The number of hydrogen-bond donors (Lipinski definition) is 1. The van der Waals surface area contributed by atoms with E-state index in [1.165, 1.54) is 4.90 Å². The van der Waals surface area contributed by atoms with Crippen molar-refractivity contribution in [2.75, 3.05) is 25.0 Å². The van der Waals surface area contributed by atoms with Crippen LogP contribution in [-0.2, 0) is 0 Å². The monoisotopic (exact) mass is 257 g/mol. The van der Waals surface area contributed by atoms with Crippen LogP contribution in [0.5, 0.6) is 0 Å². The molecule has 18 heavy (non-hydrogen) atoms. The van der Waals surface area contributed by atoms with Crippen molar-refractivity contribution in [1.29, 1.82) is 0 Å². The van der Waals surface area contributed by atoms with E-state index in [0.29, 0.717) is 6.54 Å². The molecule has 1 atom stereocenters. The topological polar surface area (TPSA) is 58.4 Å². The summed E-state index contributed by atoms with van der Waals surface area (Å²) in [6.45, 7) is 1.36. The number of nitrogens with zero attached hydrogens (tertiary/aromatic N) is 2.